The number of fused-ring (bicyclic) bond motifs is 1. The Bertz CT molecular complexity index is 1300. The van der Waals surface area contributed by atoms with Crippen LogP contribution in [0.25, 0.3) is 10.9 Å². The number of rotatable bonds is 6. The number of hydrogen-bond acceptors (Lipinski definition) is 5. The van der Waals surface area contributed by atoms with Gasteiger partial charge in [-0.15, -0.1) is 0 Å². The van der Waals surface area contributed by atoms with Gasteiger partial charge in [0, 0.05) is 24.2 Å². The Morgan fingerprint density at radius 1 is 1.06 bits per heavy atom. The summed E-state index contributed by atoms with van der Waals surface area (Å²) < 4.78 is 69.5. The molecule has 1 aliphatic heterocycles. The molecule has 0 atom stereocenters. The monoisotopic (exact) mass is 480 g/mol. The number of aromatic nitrogens is 2. The van der Waals surface area contributed by atoms with Crippen molar-refractivity contribution in [1.29, 1.82) is 0 Å². The van der Waals surface area contributed by atoms with E-state index in [4.69, 9.17) is 0 Å². The number of anilines is 2. The average molecular weight is 481 g/mol. The first-order valence-corrected chi connectivity index (χ1v) is 12.2. The molecule has 5 rings (SSSR count). The number of nitrogens with one attached hydrogen (secondary N) is 1. The minimum Gasteiger partial charge on any atom is -0.393 e. The van der Waals surface area contributed by atoms with Crippen molar-refractivity contribution in [2.75, 3.05) is 18.4 Å². The third-order valence-corrected chi connectivity index (χ3v) is 8.02. The average Bonchev–Trinajstić information content (AvgIpc) is 3.57. The van der Waals surface area contributed by atoms with Crippen molar-refractivity contribution in [2.24, 2.45) is 0 Å². The molecule has 0 radical (unpaired) electrons. The van der Waals surface area contributed by atoms with Crippen LogP contribution >= 0.6 is 0 Å². The maximum absolute atomic E-state index is 13.7. The summed E-state index contributed by atoms with van der Waals surface area (Å²) in [7, 11) is -3.78. The molecule has 176 valence electrons. The first-order valence-electron chi connectivity index (χ1n) is 10.8. The molecule has 2 aromatic carbocycles. The summed E-state index contributed by atoms with van der Waals surface area (Å²) in [4.78, 5) is 0.0946. The molecule has 3 aromatic rings. The van der Waals surface area contributed by atoms with Gasteiger partial charge < -0.3 is 10.4 Å². The Labute approximate surface area is 188 Å². The van der Waals surface area contributed by atoms with Crippen molar-refractivity contribution in [1.82, 2.24) is 14.1 Å². The third-order valence-electron chi connectivity index (χ3n) is 6.13. The van der Waals surface area contributed by atoms with Crippen LogP contribution in [0.2, 0.25) is 0 Å². The molecule has 2 heterocycles. The SMILES string of the molecule is O=S(=O)(c1ccc2c(c1)c(Nc1ccc(F)c(C(F)F)c1)nn2C1CC1)N1CCC(O)CC1. The predicted octanol–water partition coefficient (Wildman–Crippen LogP) is 4.34. The topological polar surface area (TPSA) is 87.5 Å². The fourth-order valence-electron chi connectivity index (χ4n) is 4.13. The van der Waals surface area contributed by atoms with Crippen LogP contribution in [0.3, 0.4) is 0 Å². The van der Waals surface area contributed by atoms with Gasteiger partial charge in [0.05, 0.1) is 28.1 Å². The molecular weight excluding hydrogens is 457 g/mol. The van der Waals surface area contributed by atoms with Crippen LogP contribution in [-0.4, -0.2) is 46.8 Å². The number of sulfonamides is 1. The number of benzene rings is 2. The fraction of sp³-hybridized carbons (Fsp3) is 0.409. The molecule has 33 heavy (non-hydrogen) atoms. The van der Waals surface area contributed by atoms with Gasteiger partial charge >= 0.3 is 0 Å². The lowest BCUT2D eigenvalue weighted by atomic mass is 10.1. The van der Waals surface area contributed by atoms with E-state index >= 15 is 0 Å². The lowest BCUT2D eigenvalue weighted by Gasteiger charge is -2.28. The van der Waals surface area contributed by atoms with Gasteiger partial charge in [0.25, 0.3) is 6.43 Å². The first kappa shape index (κ1) is 22.2. The van der Waals surface area contributed by atoms with E-state index in [0.29, 0.717) is 24.0 Å². The van der Waals surface area contributed by atoms with Gasteiger partial charge in [0.2, 0.25) is 10.0 Å². The highest BCUT2D eigenvalue weighted by Crippen LogP contribution is 2.40. The molecule has 0 unspecified atom stereocenters. The molecule has 2 fully saturated rings. The van der Waals surface area contributed by atoms with Gasteiger partial charge in [0.15, 0.2) is 5.82 Å². The van der Waals surface area contributed by atoms with Crippen molar-refractivity contribution in [3.05, 3.63) is 47.8 Å². The van der Waals surface area contributed by atoms with Crippen LogP contribution in [0.15, 0.2) is 41.3 Å². The maximum Gasteiger partial charge on any atom is 0.266 e. The van der Waals surface area contributed by atoms with Crippen LogP contribution in [0.5, 0.6) is 0 Å². The summed E-state index contributed by atoms with van der Waals surface area (Å²) in [6.45, 7) is 0.472. The number of aliphatic hydroxyl groups is 1. The Hall–Kier alpha value is -2.63. The summed E-state index contributed by atoms with van der Waals surface area (Å²) in [6.07, 6.45) is -0.820. The number of piperidine rings is 1. The smallest absolute Gasteiger partial charge is 0.266 e. The van der Waals surface area contributed by atoms with Crippen LogP contribution in [-0.2, 0) is 10.0 Å². The lowest BCUT2D eigenvalue weighted by molar-refractivity contribution is 0.113. The van der Waals surface area contributed by atoms with Gasteiger partial charge in [-0.3, -0.25) is 4.68 Å². The zero-order chi connectivity index (χ0) is 23.3. The Kier molecular flexibility index (Phi) is 5.58. The van der Waals surface area contributed by atoms with E-state index in [1.807, 2.05) is 4.68 Å². The quantitative estimate of drug-likeness (QED) is 0.548. The number of alkyl halides is 2. The van der Waals surface area contributed by atoms with E-state index in [2.05, 4.69) is 10.4 Å². The molecule has 1 aromatic heterocycles. The second-order valence-corrected chi connectivity index (χ2v) is 10.4. The van der Waals surface area contributed by atoms with Crippen molar-refractivity contribution < 1.29 is 26.7 Å². The largest absolute Gasteiger partial charge is 0.393 e. The molecule has 2 N–H and O–H groups in total. The summed E-state index contributed by atoms with van der Waals surface area (Å²) in [6, 6.07) is 8.29. The van der Waals surface area contributed by atoms with Crippen molar-refractivity contribution in [3.63, 3.8) is 0 Å². The fourth-order valence-corrected chi connectivity index (χ4v) is 5.62. The molecule has 11 heteroatoms. The van der Waals surface area contributed by atoms with Crippen LogP contribution < -0.4 is 5.32 Å². The predicted molar refractivity (Wildman–Crippen MR) is 117 cm³/mol. The van der Waals surface area contributed by atoms with Gasteiger partial charge in [-0.2, -0.15) is 9.40 Å². The standard InChI is InChI=1S/C22H23F3N4O3S/c23-19-5-1-13(11-17(19)21(24)25)26-22-18-12-16(4-6-20(18)29(27-22)14-2-3-14)33(31,32)28-9-7-15(30)8-10-28/h1,4-6,11-12,14-15,21,30H,2-3,7-10H2,(H,26,27). The summed E-state index contributed by atoms with van der Waals surface area (Å²) >= 11 is 0. The second kappa shape index (κ2) is 8.30. The van der Waals surface area contributed by atoms with E-state index in [1.54, 1.807) is 12.1 Å². The minimum absolute atomic E-state index is 0.0946. The minimum atomic E-state index is -3.78. The van der Waals surface area contributed by atoms with Gasteiger partial charge in [-0.05, 0) is 62.1 Å². The van der Waals surface area contributed by atoms with E-state index in [9.17, 15) is 26.7 Å². The highest BCUT2D eigenvalue weighted by atomic mass is 32.2. The zero-order valence-corrected chi connectivity index (χ0v) is 18.4. The summed E-state index contributed by atoms with van der Waals surface area (Å²) in [5.74, 6) is -0.682. The van der Waals surface area contributed by atoms with Crippen LogP contribution in [0, 0.1) is 5.82 Å². The van der Waals surface area contributed by atoms with Crippen molar-refractivity contribution >= 4 is 32.4 Å². The number of hydrogen-bond donors (Lipinski definition) is 2. The van der Waals surface area contributed by atoms with E-state index in [1.165, 1.54) is 16.4 Å². The van der Waals surface area contributed by atoms with Crippen LogP contribution in [0.4, 0.5) is 24.7 Å². The van der Waals surface area contributed by atoms with Gasteiger partial charge in [-0.25, -0.2) is 21.6 Å². The Morgan fingerprint density at radius 3 is 2.45 bits per heavy atom. The summed E-state index contributed by atoms with van der Waals surface area (Å²) in [5.41, 5.74) is 0.234. The highest BCUT2D eigenvalue weighted by molar-refractivity contribution is 7.89. The van der Waals surface area contributed by atoms with Gasteiger partial charge in [0.1, 0.15) is 5.82 Å². The molecule has 1 saturated carbocycles. The molecule has 7 nitrogen and oxygen atoms in total. The zero-order valence-electron chi connectivity index (χ0n) is 17.6. The molecular formula is C22H23F3N4O3S. The Balaban J connectivity index is 1.54. The molecule has 0 spiro atoms. The number of nitrogens with zero attached hydrogens (tertiary/aromatic N) is 3. The van der Waals surface area contributed by atoms with Gasteiger partial charge in [-0.1, -0.05) is 0 Å². The van der Waals surface area contributed by atoms with Crippen molar-refractivity contribution in [3.8, 4) is 0 Å². The number of aliphatic hydroxyl groups excluding tert-OH is 1. The summed E-state index contributed by atoms with van der Waals surface area (Å²) in [5, 5.41) is 17.8. The van der Waals surface area contributed by atoms with E-state index in [0.717, 1.165) is 30.5 Å². The number of halogens is 3. The molecule has 1 saturated heterocycles. The third kappa shape index (κ3) is 4.20. The van der Waals surface area contributed by atoms with Crippen molar-refractivity contribution in [2.45, 2.75) is 49.2 Å². The maximum atomic E-state index is 13.7. The first-order chi connectivity index (χ1) is 15.7. The van der Waals surface area contributed by atoms with E-state index < -0.39 is 33.9 Å². The lowest BCUT2D eigenvalue weighted by Crippen LogP contribution is -2.39. The Morgan fingerprint density at radius 2 is 1.79 bits per heavy atom. The molecule has 1 aliphatic carbocycles. The second-order valence-electron chi connectivity index (χ2n) is 8.50. The molecule has 0 bridgehead atoms. The van der Waals surface area contributed by atoms with Crippen LogP contribution in [0.1, 0.15) is 43.7 Å². The highest BCUT2D eigenvalue weighted by Gasteiger charge is 2.31. The normalized spacial score (nSPS) is 18.3. The van der Waals surface area contributed by atoms with E-state index in [-0.39, 0.29) is 29.7 Å². The molecule has 0 amide bonds. The molecule has 2 aliphatic rings.